The number of benzene rings is 1. The lowest BCUT2D eigenvalue weighted by atomic mass is 9.99. The maximum atomic E-state index is 12.1. The Hall–Kier alpha value is -1.60. The van der Waals surface area contributed by atoms with Crippen LogP contribution in [0.3, 0.4) is 0 Å². The summed E-state index contributed by atoms with van der Waals surface area (Å²) in [5.41, 5.74) is 0. The number of hydrogen-bond acceptors (Lipinski definition) is 5. The Balaban J connectivity index is 1.30. The van der Waals surface area contributed by atoms with Gasteiger partial charge in [-0.05, 0) is 62.8 Å². The summed E-state index contributed by atoms with van der Waals surface area (Å²) in [7, 11) is -3.18. The van der Waals surface area contributed by atoms with E-state index in [2.05, 4.69) is 10.6 Å². The molecule has 7 heteroatoms. The van der Waals surface area contributed by atoms with E-state index < -0.39 is 9.84 Å². The molecule has 0 aromatic heterocycles. The van der Waals surface area contributed by atoms with Crippen molar-refractivity contribution in [2.75, 3.05) is 12.9 Å². The number of sulfone groups is 1. The van der Waals surface area contributed by atoms with Gasteiger partial charge in [-0.3, -0.25) is 4.79 Å². The van der Waals surface area contributed by atoms with Gasteiger partial charge in [-0.25, -0.2) is 8.42 Å². The molecule has 0 saturated carbocycles. The van der Waals surface area contributed by atoms with Crippen LogP contribution in [0.1, 0.15) is 44.9 Å². The molecule has 1 amide bonds. The number of piperidine rings is 1. The van der Waals surface area contributed by atoms with E-state index in [-0.39, 0.29) is 10.8 Å². The molecule has 2 bridgehead atoms. The van der Waals surface area contributed by atoms with E-state index in [0.717, 1.165) is 25.7 Å². The van der Waals surface area contributed by atoms with E-state index in [0.29, 0.717) is 36.9 Å². The standard InChI is InChI=1S/C19H28N2O4S/c1-26(23,24)18-9-7-17(8-10-18)25-11-3-2-4-19(22)21-16-12-14-5-6-15(13-16)20-14/h7-10,14-16,20H,2-6,11-13H2,1H3,(H,21,22). The third-order valence-corrected chi connectivity index (χ3v) is 6.29. The third-order valence-electron chi connectivity index (χ3n) is 5.16. The number of unbranched alkanes of at least 4 members (excludes halogenated alkanes) is 1. The highest BCUT2D eigenvalue weighted by atomic mass is 32.2. The van der Waals surface area contributed by atoms with E-state index in [4.69, 9.17) is 4.74 Å². The van der Waals surface area contributed by atoms with Crippen molar-refractivity contribution in [3.05, 3.63) is 24.3 Å². The number of carbonyl (C=O) groups excluding carboxylic acids is 1. The molecule has 2 unspecified atom stereocenters. The van der Waals surface area contributed by atoms with Gasteiger partial charge in [-0.2, -0.15) is 0 Å². The van der Waals surface area contributed by atoms with Gasteiger partial charge in [-0.15, -0.1) is 0 Å². The van der Waals surface area contributed by atoms with Gasteiger partial charge in [0.15, 0.2) is 9.84 Å². The first-order valence-corrected chi connectivity index (χ1v) is 11.3. The van der Waals surface area contributed by atoms with Crippen molar-refractivity contribution in [2.45, 2.75) is 68.0 Å². The van der Waals surface area contributed by atoms with Gasteiger partial charge in [0.05, 0.1) is 11.5 Å². The molecule has 2 fully saturated rings. The normalized spacial score (nSPS) is 25.0. The lowest BCUT2D eigenvalue weighted by Gasteiger charge is -2.29. The smallest absolute Gasteiger partial charge is 0.220 e. The van der Waals surface area contributed by atoms with E-state index in [1.165, 1.54) is 19.1 Å². The minimum Gasteiger partial charge on any atom is -0.494 e. The summed E-state index contributed by atoms with van der Waals surface area (Å²) < 4.78 is 28.4. The Morgan fingerprint density at radius 2 is 1.81 bits per heavy atom. The van der Waals surface area contributed by atoms with Crippen LogP contribution in [0.5, 0.6) is 5.75 Å². The molecule has 0 spiro atoms. The highest BCUT2D eigenvalue weighted by molar-refractivity contribution is 7.90. The predicted octanol–water partition coefficient (Wildman–Crippen LogP) is 2.04. The van der Waals surface area contributed by atoms with Crippen LogP contribution >= 0.6 is 0 Å². The fourth-order valence-electron chi connectivity index (χ4n) is 3.84. The van der Waals surface area contributed by atoms with Gasteiger partial charge in [-0.1, -0.05) is 0 Å². The van der Waals surface area contributed by atoms with Crippen molar-refractivity contribution >= 4 is 15.7 Å². The summed E-state index contributed by atoms with van der Waals surface area (Å²) in [6, 6.07) is 7.91. The molecule has 2 aliphatic heterocycles. The summed E-state index contributed by atoms with van der Waals surface area (Å²) in [5, 5.41) is 6.75. The van der Waals surface area contributed by atoms with Gasteiger partial charge in [0, 0.05) is 30.8 Å². The summed E-state index contributed by atoms with van der Waals surface area (Å²) in [5.74, 6) is 0.779. The average molecular weight is 381 g/mol. The van der Waals surface area contributed by atoms with E-state index >= 15 is 0 Å². The lowest BCUT2D eigenvalue weighted by molar-refractivity contribution is -0.122. The molecule has 1 aromatic rings. The molecule has 6 nitrogen and oxygen atoms in total. The number of ether oxygens (including phenoxy) is 1. The summed E-state index contributed by atoms with van der Waals surface area (Å²) in [4.78, 5) is 12.4. The predicted molar refractivity (Wildman–Crippen MR) is 100 cm³/mol. The van der Waals surface area contributed by atoms with Gasteiger partial charge in [0.1, 0.15) is 5.75 Å². The SMILES string of the molecule is CS(=O)(=O)c1ccc(OCCCCC(=O)NC2CC3CCC(C2)N3)cc1. The Labute approximate surface area is 155 Å². The molecule has 2 aliphatic rings. The summed E-state index contributed by atoms with van der Waals surface area (Å²) >= 11 is 0. The topological polar surface area (TPSA) is 84.5 Å². The summed E-state index contributed by atoms with van der Waals surface area (Å²) in [6.07, 6.45) is 7.85. The van der Waals surface area contributed by atoms with Crippen molar-refractivity contribution in [3.8, 4) is 5.75 Å². The minimum absolute atomic E-state index is 0.133. The fraction of sp³-hybridized carbons (Fsp3) is 0.632. The first-order valence-electron chi connectivity index (χ1n) is 9.38. The van der Waals surface area contributed by atoms with E-state index in [1.807, 2.05) is 0 Å². The molecule has 0 radical (unpaired) electrons. The van der Waals surface area contributed by atoms with Crippen LogP contribution in [0, 0.1) is 0 Å². The Morgan fingerprint density at radius 1 is 1.15 bits per heavy atom. The van der Waals surface area contributed by atoms with Crippen LogP contribution in [0.15, 0.2) is 29.2 Å². The molecule has 2 N–H and O–H groups in total. The van der Waals surface area contributed by atoms with Crippen molar-refractivity contribution in [1.82, 2.24) is 10.6 Å². The number of nitrogens with one attached hydrogen (secondary N) is 2. The maximum Gasteiger partial charge on any atom is 0.220 e. The molecular formula is C19H28N2O4S. The first kappa shape index (κ1) is 19.2. The number of hydrogen-bond donors (Lipinski definition) is 2. The molecule has 2 saturated heterocycles. The third kappa shape index (κ3) is 5.45. The van der Waals surface area contributed by atoms with E-state index in [1.54, 1.807) is 24.3 Å². The van der Waals surface area contributed by atoms with Crippen molar-refractivity contribution in [3.63, 3.8) is 0 Å². The van der Waals surface area contributed by atoms with Crippen LogP contribution in [-0.4, -0.2) is 45.3 Å². The van der Waals surface area contributed by atoms with Crippen molar-refractivity contribution < 1.29 is 17.9 Å². The molecule has 144 valence electrons. The number of amides is 1. The number of rotatable bonds is 8. The second-order valence-corrected chi connectivity index (χ2v) is 9.44. The molecular weight excluding hydrogens is 352 g/mol. The van der Waals surface area contributed by atoms with Gasteiger partial charge in [0.2, 0.25) is 5.91 Å². The Kier molecular flexibility index (Phi) is 6.19. The van der Waals surface area contributed by atoms with Crippen LogP contribution in [0.25, 0.3) is 0 Å². The summed E-state index contributed by atoms with van der Waals surface area (Å²) in [6.45, 7) is 0.517. The van der Waals surface area contributed by atoms with Crippen LogP contribution in [0.4, 0.5) is 0 Å². The Bertz CT molecular complexity index is 706. The average Bonchev–Trinajstić information content (AvgIpc) is 2.93. The monoisotopic (exact) mass is 380 g/mol. The zero-order valence-corrected chi connectivity index (χ0v) is 16.1. The number of carbonyl (C=O) groups is 1. The highest BCUT2D eigenvalue weighted by Gasteiger charge is 2.33. The maximum absolute atomic E-state index is 12.1. The molecule has 2 atom stereocenters. The second-order valence-electron chi connectivity index (χ2n) is 7.42. The molecule has 3 rings (SSSR count). The van der Waals surface area contributed by atoms with Crippen molar-refractivity contribution in [1.29, 1.82) is 0 Å². The second kappa shape index (κ2) is 8.39. The quantitative estimate of drug-likeness (QED) is 0.674. The molecule has 0 aliphatic carbocycles. The van der Waals surface area contributed by atoms with E-state index in [9.17, 15) is 13.2 Å². The fourth-order valence-corrected chi connectivity index (χ4v) is 4.47. The molecule has 2 heterocycles. The highest BCUT2D eigenvalue weighted by Crippen LogP contribution is 2.26. The lowest BCUT2D eigenvalue weighted by Crippen LogP contribution is -2.47. The number of fused-ring (bicyclic) bond motifs is 2. The van der Waals surface area contributed by atoms with Crippen LogP contribution in [-0.2, 0) is 14.6 Å². The van der Waals surface area contributed by atoms with Crippen LogP contribution < -0.4 is 15.4 Å². The van der Waals surface area contributed by atoms with Crippen molar-refractivity contribution in [2.24, 2.45) is 0 Å². The largest absolute Gasteiger partial charge is 0.494 e. The van der Waals surface area contributed by atoms with Gasteiger partial charge in [0.25, 0.3) is 0 Å². The van der Waals surface area contributed by atoms with Gasteiger partial charge < -0.3 is 15.4 Å². The zero-order chi connectivity index (χ0) is 18.6. The Morgan fingerprint density at radius 3 is 2.42 bits per heavy atom. The van der Waals surface area contributed by atoms with Crippen LogP contribution in [0.2, 0.25) is 0 Å². The van der Waals surface area contributed by atoms with Gasteiger partial charge >= 0.3 is 0 Å². The minimum atomic E-state index is -3.18. The molecule has 26 heavy (non-hydrogen) atoms. The molecule has 1 aromatic carbocycles. The first-order chi connectivity index (χ1) is 12.4. The zero-order valence-electron chi connectivity index (χ0n) is 15.2.